The van der Waals surface area contributed by atoms with E-state index in [-0.39, 0.29) is 11.8 Å². The van der Waals surface area contributed by atoms with Gasteiger partial charge in [0, 0.05) is 26.2 Å². The predicted octanol–water partition coefficient (Wildman–Crippen LogP) is 1.29. The normalized spacial score (nSPS) is 19.2. The number of amides is 2. The Morgan fingerprint density at radius 1 is 0.957 bits per heavy atom. The predicted molar refractivity (Wildman–Crippen MR) is 86.9 cm³/mol. The van der Waals surface area contributed by atoms with Crippen molar-refractivity contribution in [2.75, 3.05) is 26.2 Å². The van der Waals surface area contributed by atoms with E-state index < -0.39 is 5.25 Å². The summed E-state index contributed by atoms with van der Waals surface area (Å²) in [6, 6.07) is 0. The quantitative estimate of drug-likeness (QED) is 0.661. The van der Waals surface area contributed by atoms with E-state index >= 15 is 0 Å². The van der Waals surface area contributed by atoms with Crippen LogP contribution in [0.4, 0.5) is 0 Å². The largest absolute Gasteiger partial charge is 0.341 e. The van der Waals surface area contributed by atoms with Gasteiger partial charge in [0.15, 0.2) is 10.4 Å². The van der Waals surface area contributed by atoms with Gasteiger partial charge < -0.3 is 9.80 Å². The van der Waals surface area contributed by atoms with Gasteiger partial charge in [0.25, 0.3) is 0 Å². The first kappa shape index (κ1) is 16.3. The van der Waals surface area contributed by atoms with E-state index in [1.54, 1.807) is 0 Å². The van der Waals surface area contributed by atoms with Crippen molar-refractivity contribution in [1.29, 1.82) is 0 Å². The molecule has 1 N–H and O–H groups in total. The Morgan fingerprint density at radius 2 is 1.48 bits per heavy atom. The number of piperidine rings is 2. The molecule has 2 aliphatic heterocycles. The van der Waals surface area contributed by atoms with E-state index in [1.165, 1.54) is 18.1 Å². The van der Waals surface area contributed by atoms with E-state index in [1.807, 2.05) is 9.80 Å². The summed E-state index contributed by atoms with van der Waals surface area (Å²) in [5.41, 5.74) is 0. The van der Waals surface area contributed by atoms with Gasteiger partial charge >= 0.3 is 0 Å². The Labute approximate surface area is 140 Å². The van der Waals surface area contributed by atoms with Crippen molar-refractivity contribution in [3.63, 3.8) is 0 Å². The fraction of sp³-hybridized carbons (Fsp3) is 0.733. The van der Waals surface area contributed by atoms with E-state index in [4.69, 9.17) is 0 Å². The van der Waals surface area contributed by atoms with Crippen LogP contribution in [0.1, 0.15) is 38.5 Å². The highest BCUT2D eigenvalue weighted by atomic mass is 32.2. The van der Waals surface area contributed by atoms with Crippen LogP contribution in [0, 0.1) is 0 Å². The molecule has 2 fully saturated rings. The molecular weight excluding hydrogens is 314 g/mol. The Balaban J connectivity index is 1.74. The van der Waals surface area contributed by atoms with Crippen LogP contribution in [0.5, 0.6) is 0 Å². The Kier molecular flexibility index (Phi) is 5.53. The minimum atomic E-state index is -0.751. The highest BCUT2D eigenvalue weighted by Crippen LogP contribution is 2.25. The number of nitrogens with zero attached hydrogens (tertiary/aromatic N) is 4. The summed E-state index contributed by atoms with van der Waals surface area (Å²) < 4.78 is 0. The van der Waals surface area contributed by atoms with Crippen molar-refractivity contribution >= 4 is 23.6 Å². The lowest BCUT2D eigenvalue weighted by atomic mass is 10.1. The Hall–Kier alpha value is -1.57. The van der Waals surface area contributed by atoms with Crippen LogP contribution in [-0.4, -0.2) is 68.2 Å². The molecule has 1 aromatic heterocycles. The molecule has 0 atom stereocenters. The van der Waals surface area contributed by atoms with Crippen molar-refractivity contribution in [2.24, 2.45) is 0 Å². The Bertz CT molecular complexity index is 494. The van der Waals surface area contributed by atoms with Gasteiger partial charge in [0.1, 0.15) is 6.33 Å². The first-order valence-corrected chi connectivity index (χ1v) is 9.23. The monoisotopic (exact) mass is 337 g/mol. The number of thioether (sulfide) groups is 1. The van der Waals surface area contributed by atoms with Gasteiger partial charge in [-0.15, -0.1) is 0 Å². The molecule has 23 heavy (non-hydrogen) atoms. The summed E-state index contributed by atoms with van der Waals surface area (Å²) >= 11 is 1.19. The number of rotatable bonds is 4. The molecule has 0 aromatic carbocycles. The van der Waals surface area contributed by atoms with Crippen LogP contribution in [-0.2, 0) is 9.59 Å². The summed E-state index contributed by atoms with van der Waals surface area (Å²) in [5, 5.41) is 6.32. The highest BCUT2D eigenvalue weighted by molar-refractivity contribution is 8.01. The third-order valence-corrected chi connectivity index (χ3v) is 5.47. The molecule has 0 unspecified atom stereocenters. The average molecular weight is 337 g/mol. The number of hydrogen-bond acceptors (Lipinski definition) is 5. The van der Waals surface area contributed by atoms with E-state index in [0.29, 0.717) is 5.16 Å². The van der Waals surface area contributed by atoms with Crippen LogP contribution in [0.2, 0.25) is 0 Å². The maximum Gasteiger partial charge on any atom is 0.245 e. The van der Waals surface area contributed by atoms with E-state index in [2.05, 4.69) is 15.2 Å². The molecule has 2 aliphatic rings. The summed E-state index contributed by atoms with van der Waals surface area (Å²) in [7, 11) is 0. The SMILES string of the molecule is O=C(C(Sc1ncn[nH]1)C(=O)N1CCCCC1)N1CCCCC1. The van der Waals surface area contributed by atoms with Crippen LogP contribution in [0.3, 0.4) is 0 Å². The molecule has 0 spiro atoms. The van der Waals surface area contributed by atoms with Crippen molar-refractivity contribution in [1.82, 2.24) is 25.0 Å². The van der Waals surface area contributed by atoms with Gasteiger partial charge in [-0.2, -0.15) is 5.10 Å². The minimum absolute atomic E-state index is 0.0818. The summed E-state index contributed by atoms with van der Waals surface area (Å²) in [4.78, 5) is 33.5. The number of likely N-dealkylation sites (tertiary alicyclic amines) is 2. The zero-order valence-electron chi connectivity index (χ0n) is 13.2. The van der Waals surface area contributed by atoms with Crippen molar-refractivity contribution < 1.29 is 9.59 Å². The van der Waals surface area contributed by atoms with Gasteiger partial charge in [-0.05, 0) is 38.5 Å². The molecule has 0 saturated carbocycles. The molecule has 7 nitrogen and oxygen atoms in total. The third kappa shape index (κ3) is 4.04. The first-order valence-electron chi connectivity index (χ1n) is 8.35. The topological polar surface area (TPSA) is 82.2 Å². The van der Waals surface area contributed by atoms with E-state index in [9.17, 15) is 9.59 Å². The minimum Gasteiger partial charge on any atom is -0.341 e. The van der Waals surface area contributed by atoms with Gasteiger partial charge in [-0.3, -0.25) is 14.7 Å². The average Bonchev–Trinajstić information content (AvgIpc) is 3.13. The van der Waals surface area contributed by atoms with Crippen molar-refractivity contribution in [3.8, 4) is 0 Å². The van der Waals surface area contributed by atoms with Gasteiger partial charge in [-0.25, -0.2) is 4.98 Å². The smallest absolute Gasteiger partial charge is 0.245 e. The standard InChI is InChI=1S/C15H23N5O2S/c21-13(19-7-3-1-4-8-19)12(23-15-16-11-17-18-15)14(22)20-9-5-2-6-10-20/h11-12H,1-10H2,(H,16,17,18). The lowest BCUT2D eigenvalue weighted by Crippen LogP contribution is -2.49. The Morgan fingerprint density at radius 3 is 1.91 bits per heavy atom. The van der Waals surface area contributed by atoms with Crippen LogP contribution in [0.25, 0.3) is 0 Å². The zero-order chi connectivity index (χ0) is 16.1. The number of H-pyrrole nitrogens is 1. The van der Waals surface area contributed by atoms with E-state index in [0.717, 1.165) is 64.7 Å². The van der Waals surface area contributed by atoms with Gasteiger partial charge in [-0.1, -0.05) is 11.8 Å². The molecule has 0 aliphatic carbocycles. The second-order valence-corrected chi connectivity index (χ2v) is 7.15. The summed E-state index contributed by atoms with van der Waals surface area (Å²) in [6.07, 6.45) is 7.78. The molecule has 3 heterocycles. The first-order chi connectivity index (χ1) is 11.3. The fourth-order valence-electron chi connectivity index (χ4n) is 3.13. The number of aromatic nitrogens is 3. The fourth-order valence-corrected chi connectivity index (χ4v) is 4.07. The van der Waals surface area contributed by atoms with Crippen molar-refractivity contribution in [2.45, 2.75) is 48.9 Å². The number of nitrogens with one attached hydrogen (secondary N) is 1. The van der Waals surface area contributed by atoms with Crippen molar-refractivity contribution in [3.05, 3.63) is 6.33 Å². The second kappa shape index (κ2) is 7.81. The molecule has 2 amide bonds. The molecule has 1 aromatic rings. The number of hydrogen-bond donors (Lipinski definition) is 1. The summed E-state index contributed by atoms with van der Waals surface area (Å²) in [6.45, 7) is 3.00. The molecule has 2 saturated heterocycles. The van der Waals surface area contributed by atoms with Crippen LogP contribution >= 0.6 is 11.8 Å². The third-order valence-electron chi connectivity index (χ3n) is 4.41. The molecule has 3 rings (SSSR count). The molecular formula is C15H23N5O2S. The van der Waals surface area contributed by atoms with Crippen LogP contribution < -0.4 is 0 Å². The molecule has 8 heteroatoms. The lowest BCUT2D eigenvalue weighted by molar-refractivity contribution is -0.140. The second-order valence-electron chi connectivity index (χ2n) is 6.06. The molecule has 0 bridgehead atoms. The molecule has 0 radical (unpaired) electrons. The van der Waals surface area contributed by atoms with Crippen LogP contribution in [0.15, 0.2) is 11.5 Å². The summed E-state index contributed by atoms with van der Waals surface area (Å²) in [5.74, 6) is -0.164. The number of carbonyl (C=O) groups is 2. The maximum atomic E-state index is 12.9. The van der Waals surface area contributed by atoms with Gasteiger partial charge in [0.05, 0.1) is 0 Å². The zero-order valence-corrected chi connectivity index (χ0v) is 14.1. The number of aromatic amines is 1. The molecule has 126 valence electrons. The number of carbonyl (C=O) groups excluding carboxylic acids is 2. The maximum absolute atomic E-state index is 12.9. The van der Waals surface area contributed by atoms with Gasteiger partial charge in [0.2, 0.25) is 11.8 Å². The lowest BCUT2D eigenvalue weighted by Gasteiger charge is -2.33. The highest BCUT2D eigenvalue weighted by Gasteiger charge is 2.36.